The molecule has 2 N–H and O–H groups in total. The normalized spacial score (nSPS) is 13.8. The largest absolute Gasteiger partial charge is 0.322 e. The number of anilines is 1. The van der Waals surface area contributed by atoms with Gasteiger partial charge in [0.2, 0.25) is 5.91 Å². The second kappa shape index (κ2) is 9.46. The van der Waals surface area contributed by atoms with Gasteiger partial charge >= 0.3 is 0 Å². The summed E-state index contributed by atoms with van der Waals surface area (Å²) in [7, 11) is -3.76. The van der Waals surface area contributed by atoms with Gasteiger partial charge in [0.25, 0.3) is 10.0 Å². The Labute approximate surface area is 189 Å². The van der Waals surface area contributed by atoms with Gasteiger partial charge in [-0.25, -0.2) is 12.8 Å². The number of aliphatic imine (C=N–C) groups is 1. The van der Waals surface area contributed by atoms with Crippen LogP contribution in [-0.4, -0.2) is 26.7 Å². The summed E-state index contributed by atoms with van der Waals surface area (Å²) in [6.07, 6.45) is 4.49. The van der Waals surface area contributed by atoms with Crippen LogP contribution in [0.5, 0.6) is 0 Å². The Morgan fingerprint density at radius 2 is 1.91 bits per heavy atom. The van der Waals surface area contributed by atoms with Gasteiger partial charge in [-0.05, 0) is 60.5 Å². The zero-order chi connectivity index (χ0) is 22.6. The molecule has 0 unspecified atom stereocenters. The number of thiophene rings is 1. The number of benzene rings is 2. The maximum absolute atomic E-state index is 13.1. The number of carbonyl (C=O) groups is 1. The van der Waals surface area contributed by atoms with Crippen LogP contribution in [0, 0.1) is 5.82 Å². The van der Waals surface area contributed by atoms with Crippen LogP contribution in [0.4, 0.5) is 10.1 Å². The first-order chi connectivity index (χ1) is 15.4. The van der Waals surface area contributed by atoms with E-state index in [0.717, 1.165) is 21.7 Å². The van der Waals surface area contributed by atoms with Gasteiger partial charge in [-0.1, -0.05) is 18.2 Å². The van der Waals surface area contributed by atoms with E-state index in [1.807, 2.05) is 12.1 Å². The first-order valence-corrected chi connectivity index (χ1v) is 12.2. The summed E-state index contributed by atoms with van der Waals surface area (Å²) in [5, 5.41) is 2.68. The number of hydrogen-bond donors (Lipinski definition) is 2. The van der Waals surface area contributed by atoms with E-state index in [-0.39, 0.29) is 16.6 Å². The maximum atomic E-state index is 13.1. The number of amidine groups is 1. The number of nitrogens with one attached hydrogen (secondary N) is 2. The van der Waals surface area contributed by atoms with Gasteiger partial charge in [0, 0.05) is 34.5 Å². The Kier molecular flexibility index (Phi) is 6.48. The zero-order valence-electron chi connectivity index (χ0n) is 16.9. The molecule has 0 saturated carbocycles. The molecule has 6 nitrogen and oxygen atoms in total. The molecule has 3 aromatic rings. The van der Waals surface area contributed by atoms with Crippen LogP contribution < -0.4 is 10.0 Å². The van der Waals surface area contributed by atoms with Gasteiger partial charge in [-0.2, -0.15) is 0 Å². The van der Waals surface area contributed by atoms with Crippen molar-refractivity contribution in [3.05, 3.63) is 77.4 Å². The molecule has 32 heavy (non-hydrogen) atoms. The lowest BCUT2D eigenvalue weighted by Gasteiger charge is -2.09. The van der Waals surface area contributed by atoms with Crippen molar-refractivity contribution in [1.82, 2.24) is 4.72 Å². The number of nitrogens with zero attached hydrogens (tertiary/aromatic N) is 1. The second-order valence-electron chi connectivity index (χ2n) is 7.10. The fraction of sp³-hybridized carbons (Fsp3) is 0.130. The SMILES string of the molecule is O=C(/C=C/c1ccc(-c2ccc(F)cc2)s1)Nc1cccc(S(=O)(=O)NC2=NCCC2)c1. The van der Waals surface area contributed by atoms with E-state index >= 15 is 0 Å². The topological polar surface area (TPSA) is 87.6 Å². The molecule has 0 aliphatic carbocycles. The molecule has 1 amide bonds. The third-order valence-corrected chi connectivity index (χ3v) is 7.17. The number of halogens is 1. The average molecular weight is 470 g/mol. The minimum atomic E-state index is -3.76. The van der Waals surface area contributed by atoms with Crippen LogP contribution in [0.25, 0.3) is 16.5 Å². The Hall–Kier alpha value is -3.30. The van der Waals surface area contributed by atoms with Gasteiger partial charge in [-0.15, -0.1) is 11.3 Å². The van der Waals surface area contributed by atoms with Gasteiger partial charge in [0.05, 0.1) is 4.90 Å². The molecule has 9 heteroatoms. The third kappa shape index (κ3) is 5.49. The summed E-state index contributed by atoms with van der Waals surface area (Å²) in [4.78, 5) is 18.3. The molecule has 0 atom stereocenters. The molecule has 0 radical (unpaired) electrons. The van der Waals surface area contributed by atoms with E-state index in [1.165, 1.54) is 41.7 Å². The van der Waals surface area contributed by atoms with E-state index in [2.05, 4.69) is 15.0 Å². The fourth-order valence-corrected chi connectivity index (χ4v) is 5.18. The van der Waals surface area contributed by atoms with Crippen molar-refractivity contribution in [2.45, 2.75) is 17.7 Å². The molecule has 0 saturated heterocycles. The van der Waals surface area contributed by atoms with E-state index in [0.29, 0.717) is 24.5 Å². The summed E-state index contributed by atoms with van der Waals surface area (Å²) < 4.78 is 40.7. The van der Waals surface area contributed by atoms with Crippen molar-refractivity contribution in [1.29, 1.82) is 0 Å². The van der Waals surface area contributed by atoms with Crippen molar-refractivity contribution < 1.29 is 17.6 Å². The standard InChI is InChI=1S/C23H20FN3O3S2/c24-17-8-6-16(7-9-17)21-12-10-19(31-21)11-13-23(28)26-18-3-1-4-20(15-18)32(29,30)27-22-5-2-14-25-22/h1,3-4,6-13,15H,2,5,14H2,(H,25,27)(H,26,28)/b13-11+. The van der Waals surface area contributed by atoms with Crippen molar-refractivity contribution in [3.8, 4) is 10.4 Å². The fourth-order valence-electron chi connectivity index (χ4n) is 3.13. The summed E-state index contributed by atoms with van der Waals surface area (Å²) in [6, 6.07) is 16.1. The van der Waals surface area contributed by atoms with Gasteiger partial charge < -0.3 is 5.32 Å². The molecular weight excluding hydrogens is 449 g/mol. The quantitative estimate of drug-likeness (QED) is 0.514. The Balaban J connectivity index is 1.40. The number of carbonyl (C=O) groups excluding carboxylic acids is 1. The van der Waals surface area contributed by atoms with Crippen LogP contribution in [0.2, 0.25) is 0 Å². The molecule has 1 aromatic heterocycles. The van der Waals surface area contributed by atoms with Gasteiger partial charge in [0.1, 0.15) is 11.7 Å². The highest BCUT2D eigenvalue weighted by molar-refractivity contribution is 7.90. The predicted molar refractivity (Wildman–Crippen MR) is 126 cm³/mol. The zero-order valence-corrected chi connectivity index (χ0v) is 18.5. The smallest absolute Gasteiger partial charge is 0.262 e. The summed E-state index contributed by atoms with van der Waals surface area (Å²) in [5.74, 6) is -0.218. The lowest BCUT2D eigenvalue weighted by atomic mass is 10.2. The number of sulfonamides is 1. The minimum Gasteiger partial charge on any atom is -0.322 e. The lowest BCUT2D eigenvalue weighted by Crippen LogP contribution is -2.29. The summed E-state index contributed by atoms with van der Waals surface area (Å²) in [5.41, 5.74) is 1.27. The van der Waals surface area contributed by atoms with Gasteiger partial charge in [-0.3, -0.25) is 14.5 Å². The average Bonchev–Trinajstić information content (AvgIpc) is 3.45. The van der Waals surface area contributed by atoms with Crippen LogP contribution in [0.1, 0.15) is 17.7 Å². The van der Waals surface area contributed by atoms with Crippen LogP contribution in [-0.2, 0) is 14.8 Å². The number of hydrogen-bond acceptors (Lipinski definition) is 5. The van der Waals surface area contributed by atoms with E-state index < -0.39 is 10.0 Å². The highest BCUT2D eigenvalue weighted by Crippen LogP contribution is 2.29. The Morgan fingerprint density at radius 1 is 1.09 bits per heavy atom. The minimum absolute atomic E-state index is 0.0519. The van der Waals surface area contributed by atoms with E-state index in [9.17, 15) is 17.6 Å². The molecule has 2 heterocycles. The lowest BCUT2D eigenvalue weighted by molar-refractivity contribution is -0.111. The second-order valence-corrected chi connectivity index (χ2v) is 9.89. The molecule has 1 aliphatic heterocycles. The molecule has 1 aliphatic rings. The van der Waals surface area contributed by atoms with Crippen molar-refractivity contribution in [2.75, 3.05) is 11.9 Å². The molecule has 0 fully saturated rings. The van der Waals surface area contributed by atoms with Crippen molar-refractivity contribution in [3.63, 3.8) is 0 Å². The molecule has 4 rings (SSSR count). The molecule has 0 bridgehead atoms. The summed E-state index contributed by atoms with van der Waals surface area (Å²) >= 11 is 1.47. The number of amides is 1. The summed E-state index contributed by atoms with van der Waals surface area (Å²) in [6.45, 7) is 0.621. The maximum Gasteiger partial charge on any atom is 0.262 e. The van der Waals surface area contributed by atoms with Crippen molar-refractivity contribution in [2.24, 2.45) is 4.99 Å². The molecular formula is C23H20FN3O3S2. The Bertz CT molecular complexity index is 1300. The number of rotatable bonds is 6. The first-order valence-electron chi connectivity index (χ1n) is 9.90. The monoisotopic (exact) mass is 469 g/mol. The highest BCUT2D eigenvalue weighted by atomic mass is 32.2. The van der Waals surface area contributed by atoms with Crippen molar-refractivity contribution >= 4 is 44.9 Å². The first kappa shape index (κ1) is 21.9. The van der Waals surface area contributed by atoms with Gasteiger partial charge in [0.15, 0.2) is 0 Å². The highest BCUT2D eigenvalue weighted by Gasteiger charge is 2.18. The van der Waals surface area contributed by atoms with Crippen LogP contribution >= 0.6 is 11.3 Å². The molecule has 0 spiro atoms. The predicted octanol–water partition coefficient (Wildman–Crippen LogP) is 4.68. The molecule has 2 aromatic carbocycles. The van der Waals surface area contributed by atoms with E-state index in [1.54, 1.807) is 30.3 Å². The Morgan fingerprint density at radius 3 is 2.66 bits per heavy atom. The van der Waals surface area contributed by atoms with Crippen LogP contribution in [0.15, 0.2) is 76.6 Å². The van der Waals surface area contributed by atoms with E-state index in [4.69, 9.17) is 0 Å². The third-order valence-electron chi connectivity index (χ3n) is 4.69. The molecule has 164 valence electrons. The van der Waals surface area contributed by atoms with Crippen LogP contribution in [0.3, 0.4) is 0 Å².